The second kappa shape index (κ2) is 15.6. The molecule has 8 nitrogen and oxygen atoms in total. The van der Waals surface area contributed by atoms with Crippen LogP contribution in [-0.2, 0) is 32.6 Å². The van der Waals surface area contributed by atoms with E-state index >= 15 is 0 Å². The van der Waals surface area contributed by atoms with Crippen molar-refractivity contribution in [2.45, 2.75) is 64.6 Å². The van der Waals surface area contributed by atoms with Crippen molar-refractivity contribution in [3.05, 3.63) is 125 Å². The smallest absolute Gasteiger partial charge is 0.264 e. The molecule has 0 spiro atoms. The number of anilines is 1. The van der Waals surface area contributed by atoms with E-state index in [-0.39, 0.29) is 29.8 Å². The van der Waals surface area contributed by atoms with Gasteiger partial charge in [0.05, 0.1) is 17.2 Å². The third-order valence-corrected chi connectivity index (χ3v) is 9.25. The second-order valence-corrected chi connectivity index (χ2v) is 13.5. The van der Waals surface area contributed by atoms with Crippen LogP contribution in [0.1, 0.15) is 43.0 Å². The standard InChI is InChI=1S/C37H43N3O5S/c1-6-45-33-19-21-34(22-20-33)46(43,44)40(32-17-15-28(4)16-18-32)26-36(41)39(25-31-14-10-11-29(5)23-31)35(37(42)38-27(2)3)24-30-12-8-7-9-13-30/h7-23,27,35H,6,24-26H2,1-5H3,(H,38,42)/t35-/m0/s1. The zero-order valence-corrected chi connectivity index (χ0v) is 28.0. The first kappa shape index (κ1) is 34.2. The van der Waals surface area contributed by atoms with E-state index in [1.165, 1.54) is 17.0 Å². The Morgan fingerprint density at radius 3 is 2.07 bits per heavy atom. The summed E-state index contributed by atoms with van der Waals surface area (Å²) in [4.78, 5) is 29.9. The van der Waals surface area contributed by atoms with Gasteiger partial charge >= 0.3 is 0 Å². The molecule has 0 unspecified atom stereocenters. The molecule has 1 N–H and O–H groups in total. The lowest BCUT2D eigenvalue weighted by Crippen LogP contribution is -2.54. The minimum absolute atomic E-state index is 0.0212. The third kappa shape index (κ3) is 8.97. The van der Waals surface area contributed by atoms with E-state index < -0.39 is 28.5 Å². The summed E-state index contributed by atoms with van der Waals surface area (Å²) >= 11 is 0. The van der Waals surface area contributed by atoms with Crippen LogP contribution < -0.4 is 14.4 Å². The maximum Gasteiger partial charge on any atom is 0.264 e. The van der Waals surface area contributed by atoms with Crippen LogP contribution in [0.2, 0.25) is 0 Å². The molecular formula is C37H43N3O5S. The Morgan fingerprint density at radius 1 is 0.804 bits per heavy atom. The number of sulfonamides is 1. The zero-order chi connectivity index (χ0) is 33.3. The molecule has 4 aromatic carbocycles. The normalized spacial score (nSPS) is 12.0. The van der Waals surface area contributed by atoms with Gasteiger partial charge in [0.15, 0.2) is 0 Å². The van der Waals surface area contributed by atoms with Crippen LogP contribution >= 0.6 is 0 Å². The van der Waals surface area contributed by atoms with E-state index in [2.05, 4.69) is 5.32 Å². The second-order valence-electron chi connectivity index (χ2n) is 11.6. The topological polar surface area (TPSA) is 96.0 Å². The molecule has 0 saturated heterocycles. The molecule has 0 radical (unpaired) electrons. The molecule has 0 aliphatic rings. The third-order valence-electron chi connectivity index (χ3n) is 7.46. The van der Waals surface area contributed by atoms with Gasteiger partial charge in [-0.1, -0.05) is 77.9 Å². The van der Waals surface area contributed by atoms with E-state index in [9.17, 15) is 18.0 Å². The number of carbonyl (C=O) groups is 2. The van der Waals surface area contributed by atoms with E-state index in [1.54, 1.807) is 36.4 Å². The molecule has 4 aromatic rings. The number of hydrogen-bond donors (Lipinski definition) is 1. The monoisotopic (exact) mass is 641 g/mol. The molecule has 0 fully saturated rings. The van der Waals surface area contributed by atoms with E-state index in [0.717, 1.165) is 26.6 Å². The van der Waals surface area contributed by atoms with Crippen molar-refractivity contribution >= 4 is 27.5 Å². The molecule has 1 atom stereocenters. The molecule has 0 aromatic heterocycles. The highest BCUT2D eigenvalue weighted by Gasteiger charge is 2.35. The van der Waals surface area contributed by atoms with Gasteiger partial charge < -0.3 is 15.0 Å². The molecule has 0 bridgehead atoms. The minimum Gasteiger partial charge on any atom is -0.494 e. The Morgan fingerprint density at radius 2 is 1.46 bits per heavy atom. The molecule has 0 aliphatic carbocycles. The zero-order valence-electron chi connectivity index (χ0n) is 27.1. The number of aryl methyl sites for hydroxylation is 2. The van der Waals surface area contributed by atoms with Crippen molar-refractivity contribution < 1.29 is 22.7 Å². The SMILES string of the molecule is CCOc1ccc(S(=O)(=O)N(CC(=O)N(Cc2cccc(C)c2)[C@@H](Cc2ccccc2)C(=O)NC(C)C)c2ccc(C)cc2)cc1. The summed E-state index contributed by atoms with van der Waals surface area (Å²) in [6.07, 6.45) is 0.257. The summed E-state index contributed by atoms with van der Waals surface area (Å²) < 4.78 is 35.1. The molecule has 46 heavy (non-hydrogen) atoms. The van der Waals surface area contributed by atoms with Gasteiger partial charge in [-0.25, -0.2) is 8.42 Å². The van der Waals surface area contributed by atoms with Crippen molar-refractivity contribution in [3.63, 3.8) is 0 Å². The van der Waals surface area contributed by atoms with Gasteiger partial charge in [0.25, 0.3) is 10.0 Å². The molecule has 4 rings (SSSR count). The van der Waals surface area contributed by atoms with Gasteiger partial charge in [-0.05, 0) is 82.1 Å². The molecule has 242 valence electrons. The van der Waals surface area contributed by atoms with Gasteiger partial charge in [-0.15, -0.1) is 0 Å². The van der Waals surface area contributed by atoms with Gasteiger partial charge in [0.2, 0.25) is 11.8 Å². The summed E-state index contributed by atoms with van der Waals surface area (Å²) in [6, 6.07) is 29.3. The predicted octanol–water partition coefficient (Wildman–Crippen LogP) is 6.06. The fraction of sp³-hybridized carbons (Fsp3) is 0.297. The Bertz CT molecular complexity index is 1710. The Labute approximate surface area is 273 Å². The first-order valence-corrected chi connectivity index (χ1v) is 16.9. The van der Waals surface area contributed by atoms with Crippen molar-refractivity contribution in [3.8, 4) is 5.75 Å². The quantitative estimate of drug-likeness (QED) is 0.181. The fourth-order valence-electron chi connectivity index (χ4n) is 5.18. The van der Waals surface area contributed by atoms with Crippen LogP contribution in [0.3, 0.4) is 0 Å². The van der Waals surface area contributed by atoms with Crippen LogP contribution in [0, 0.1) is 13.8 Å². The van der Waals surface area contributed by atoms with Gasteiger partial charge in [-0.2, -0.15) is 0 Å². The van der Waals surface area contributed by atoms with Gasteiger partial charge in [0.1, 0.15) is 18.3 Å². The molecular weight excluding hydrogens is 598 g/mol. The Kier molecular flexibility index (Phi) is 11.6. The van der Waals surface area contributed by atoms with Gasteiger partial charge in [0, 0.05) is 19.0 Å². The number of nitrogens with one attached hydrogen (secondary N) is 1. The summed E-state index contributed by atoms with van der Waals surface area (Å²) in [5.74, 6) is -0.267. The highest BCUT2D eigenvalue weighted by molar-refractivity contribution is 7.92. The molecule has 2 amide bonds. The van der Waals surface area contributed by atoms with Crippen LogP contribution in [0.25, 0.3) is 0 Å². The molecule has 0 saturated carbocycles. The first-order chi connectivity index (χ1) is 22.0. The number of rotatable bonds is 14. The summed E-state index contributed by atoms with van der Waals surface area (Å²) in [6.45, 7) is 9.51. The summed E-state index contributed by atoms with van der Waals surface area (Å²) in [5, 5.41) is 2.98. The maximum absolute atomic E-state index is 14.5. The Balaban J connectivity index is 1.79. The number of carbonyl (C=O) groups excluding carboxylic acids is 2. The minimum atomic E-state index is -4.20. The van der Waals surface area contributed by atoms with Crippen molar-refractivity contribution in [1.82, 2.24) is 10.2 Å². The first-order valence-electron chi connectivity index (χ1n) is 15.5. The Hall–Kier alpha value is -4.63. The average Bonchev–Trinajstić information content (AvgIpc) is 3.02. The number of nitrogens with zero attached hydrogens (tertiary/aromatic N) is 2. The van der Waals surface area contributed by atoms with E-state index in [4.69, 9.17) is 4.74 Å². The van der Waals surface area contributed by atoms with Crippen LogP contribution in [-0.4, -0.2) is 50.4 Å². The fourth-order valence-corrected chi connectivity index (χ4v) is 6.60. The van der Waals surface area contributed by atoms with Gasteiger partial charge in [-0.3, -0.25) is 13.9 Å². The average molecular weight is 642 g/mol. The number of amides is 2. The van der Waals surface area contributed by atoms with Crippen molar-refractivity contribution in [2.24, 2.45) is 0 Å². The number of hydrogen-bond acceptors (Lipinski definition) is 5. The van der Waals surface area contributed by atoms with E-state index in [1.807, 2.05) is 89.2 Å². The molecule has 9 heteroatoms. The molecule has 0 aliphatic heterocycles. The van der Waals surface area contributed by atoms with Crippen molar-refractivity contribution in [2.75, 3.05) is 17.5 Å². The lowest BCUT2D eigenvalue weighted by Gasteiger charge is -2.34. The lowest BCUT2D eigenvalue weighted by atomic mass is 10.0. The predicted molar refractivity (Wildman–Crippen MR) is 182 cm³/mol. The highest BCUT2D eigenvalue weighted by Crippen LogP contribution is 2.27. The molecule has 0 heterocycles. The van der Waals surface area contributed by atoms with E-state index in [0.29, 0.717) is 18.0 Å². The summed E-state index contributed by atoms with van der Waals surface area (Å²) in [5.41, 5.74) is 4.01. The highest BCUT2D eigenvalue weighted by atomic mass is 32.2. The largest absolute Gasteiger partial charge is 0.494 e. The maximum atomic E-state index is 14.5. The lowest BCUT2D eigenvalue weighted by molar-refractivity contribution is -0.140. The number of ether oxygens (including phenoxy) is 1. The number of benzene rings is 4. The van der Waals surface area contributed by atoms with Crippen LogP contribution in [0.5, 0.6) is 5.75 Å². The van der Waals surface area contributed by atoms with Crippen LogP contribution in [0.4, 0.5) is 5.69 Å². The van der Waals surface area contributed by atoms with Crippen molar-refractivity contribution in [1.29, 1.82) is 0 Å². The van der Waals surface area contributed by atoms with Crippen LogP contribution in [0.15, 0.2) is 108 Å². The summed E-state index contributed by atoms with van der Waals surface area (Å²) in [7, 11) is -4.20.